The van der Waals surface area contributed by atoms with E-state index < -0.39 is 0 Å². The van der Waals surface area contributed by atoms with Gasteiger partial charge in [-0.25, -0.2) is 0 Å². The molecule has 0 atom stereocenters. The summed E-state index contributed by atoms with van der Waals surface area (Å²) in [5, 5.41) is 3.09. The molecule has 0 saturated carbocycles. The van der Waals surface area contributed by atoms with Gasteiger partial charge in [-0.05, 0) is 43.0 Å². The van der Waals surface area contributed by atoms with Gasteiger partial charge in [0.25, 0.3) is 0 Å². The molecule has 0 aliphatic carbocycles. The first-order valence-electron chi connectivity index (χ1n) is 9.73. The third kappa shape index (κ3) is 7.44. The summed E-state index contributed by atoms with van der Waals surface area (Å²) in [6.45, 7) is 9.99. The van der Waals surface area contributed by atoms with Crippen LogP contribution in [-0.4, -0.2) is 50.8 Å². The van der Waals surface area contributed by atoms with Crippen LogP contribution in [-0.2, 0) is 27.4 Å². The zero-order chi connectivity index (χ0) is 18.8. The van der Waals surface area contributed by atoms with Gasteiger partial charge in [-0.15, -0.1) is 0 Å². The number of nitrogens with zero attached hydrogens (tertiary/aromatic N) is 1. The molecule has 0 unspecified atom stereocenters. The first-order chi connectivity index (χ1) is 12.6. The van der Waals surface area contributed by atoms with Crippen molar-refractivity contribution >= 4 is 5.91 Å². The van der Waals surface area contributed by atoms with Crippen LogP contribution >= 0.6 is 0 Å². The van der Waals surface area contributed by atoms with Gasteiger partial charge in [-0.2, -0.15) is 0 Å². The van der Waals surface area contributed by atoms with E-state index in [1.807, 2.05) is 0 Å². The number of ether oxygens (including phenoxy) is 2. The van der Waals surface area contributed by atoms with Gasteiger partial charge in [0.2, 0.25) is 5.91 Å². The Labute approximate surface area is 158 Å². The van der Waals surface area contributed by atoms with E-state index in [9.17, 15) is 4.79 Å². The molecule has 0 bridgehead atoms. The second kappa shape index (κ2) is 11.3. The number of rotatable bonds is 10. The number of piperidine rings is 1. The lowest BCUT2D eigenvalue weighted by molar-refractivity contribution is -0.126. The topological polar surface area (TPSA) is 50.8 Å². The highest BCUT2D eigenvalue weighted by atomic mass is 16.5. The fourth-order valence-corrected chi connectivity index (χ4v) is 3.14. The van der Waals surface area contributed by atoms with Crippen LogP contribution in [0.1, 0.15) is 37.8 Å². The first kappa shape index (κ1) is 20.9. The number of carbonyl (C=O) groups excluding carboxylic acids is 1. The monoisotopic (exact) mass is 362 g/mol. The first-order valence-corrected chi connectivity index (χ1v) is 9.73. The average molecular weight is 363 g/mol. The van der Waals surface area contributed by atoms with Gasteiger partial charge in [0.1, 0.15) is 0 Å². The van der Waals surface area contributed by atoms with Crippen LogP contribution in [0.2, 0.25) is 0 Å². The Balaban J connectivity index is 1.67. The zero-order valence-corrected chi connectivity index (χ0v) is 16.5. The molecule has 0 radical (unpaired) electrons. The van der Waals surface area contributed by atoms with E-state index in [0.29, 0.717) is 19.1 Å². The molecule has 1 saturated heterocycles. The molecule has 1 heterocycles. The second-order valence-corrected chi connectivity index (χ2v) is 7.55. The molecule has 26 heavy (non-hydrogen) atoms. The van der Waals surface area contributed by atoms with Crippen LogP contribution in [0.25, 0.3) is 0 Å². The lowest BCUT2D eigenvalue weighted by Gasteiger charge is -2.31. The highest BCUT2D eigenvalue weighted by Crippen LogP contribution is 2.17. The number of carbonyl (C=O) groups is 1. The van der Waals surface area contributed by atoms with Gasteiger partial charge in [0.15, 0.2) is 0 Å². The van der Waals surface area contributed by atoms with Crippen LogP contribution in [0.4, 0.5) is 0 Å². The fourth-order valence-electron chi connectivity index (χ4n) is 3.14. The molecule has 1 aromatic carbocycles. The van der Waals surface area contributed by atoms with Crippen molar-refractivity contribution in [2.45, 2.75) is 39.8 Å². The van der Waals surface area contributed by atoms with Crippen molar-refractivity contribution in [3.05, 3.63) is 35.4 Å². The van der Waals surface area contributed by atoms with Crippen molar-refractivity contribution < 1.29 is 14.3 Å². The molecule has 2 rings (SSSR count). The Morgan fingerprint density at radius 1 is 1.19 bits per heavy atom. The maximum Gasteiger partial charge on any atom is 0.223 e. The van der Waals surface area contributed by atoms with Crippen LogP contribution < -0.4 is 5.32 Å². The molecule has 1 aliphatic heterocycles. The predicted molar refractivity (Wildman–Crippen MR) is 104 cm³/mol. The molecule has 0 aromatic heterocycles. The van der Waals surface area contributed by atoms with Crippen molar-refractivity contribution in [3.8, 4) is 0 Å². The van der Waals surface area contributed by atoms with Crippen LogP contribution in [0.5, 0.6) is 0 Å². The predicted octanol–water partition coefficient (Wildman–Crippen LogP) is 2.83. The summed E-state index contributed by atoms with van der Waals surface area (Å²) >= 11 is 0. The van der Waals surface area contributed by atoms with Gasteiger partial charge in [0, 0.05) is 32.7 Å². The van der Waals surface area contributed by atoms with Crippen molar-refractivity contribution in [1.29, 1.82) is 0 Å². The van der Waals surface area contributed by atoms with E-state index in [2.05, 4.69) is 48.3 Å². The zero-order valence-electron chi connectivity index (χ0n) is 16.5. The van der Waals surface area contributed by atoms with Crippen LogP contribution in [0.3, 0.4) is 0 Å². The minimum atomic E-state index is 0.137. The summed E-state index contributed by atoms with van der Waals surface area (Å²) in [5.41, 5.74) is 2.30. The Kier molecular flexibility index (Phi) is 9.09. The molecule has 1 N–H and O–H groups in total. The number of hydrogen-bond donors (Lipinski definition) is 1. The summed E-state index contributed by atoms with van der Waals surface area (Å²) in [6, 6.07) is 8.30. The van der Waals surface area contributed by atoms with Crippen LogP contribution in [0.15, 0.2) is 24.3 Å². The number of benzene rings is 1. The average Bonchev–Trinajstić information content (AvgIpc) is 2.65. The third-order valence-electron chi connectivity index (χ3n) is 4.78. The van der Waals surface area contributed by atoms with E-state index in [1.165, 1.54) is 5.56 Å². The highest BCUT2D eigenvalue weighted by Gasteiger charge is 2.24. The smallest absolute Gasteiger partial charge is 0.223 e. The highest BCUT2D eigenvalue weighted by molar-refractivity contribution is 5.78. The van der Waals surface area contributed by atoms with E-state index in [-0.39, 0.29) is 11.8 Å². The number of amides is 1. The number of likely N-dealkylation sites (tertiary alicyclic amines) is 1. The van der Waals surface area contributed by atoms with Crippen molar-refractivity contribution in [2.24, 2.45) is 11.8 Å². The third-order valence-corrected chi connectivity index (χ3v) is 4.78. The Hall–Kier alpha value is -1.43. The van der Waals surface area contributed by atoms with Gasteiger partial charge in [0.05, 0.1) is 13.2 Å². The van der Waals surface area contributed by atoms with E-state index in [0.717, 1.165) is 51.3 Å². The summed E-state index contributed by atoms with van der Waals surface area (Å²) in [5.74, 6) is 0.870. The SMILES string of the molecule is COCCN1CCC(C(=O)NCc2ccc(COCC(C)C)cc2)CC1. The molecule has 1 amide bonds. The molecule has 5 heteroatoms. The van der Waals surface area contributed by atoms with E-state index >= 15 is 0 Å². The fraction of sp³-hybridized carbons (Fsp3) is 0.667. The van der Waals surface area contributed by atoms with Gasteiger partial charge >= 0.3 is 0 Å². The van der Waals surface area contributed by atoms with Gasteiger partial charge in [-0.1, -0.05) is 38.1 Å². The Morgan fingerprint density at radius 2 is 1.85 bits per heavy atom. The van der Waals surface area contributed by atoms with Gasteiger partial charge < -0.3 is 19.7 Å². The minimum absolute atomic E-state index is 0.137. The van der Waals surface area contributed by atoms with E-state index in [1.54, 1.807) is 7.11 Å². The number of hydrogen-bond acceptors (Lipinski definition) is 4. The standard InChI is InChI=1S/C21H34N2O3/c1-17(2)15-26-16-19-6-4-18(5-7-19)14-22-21(24)20-8-10-23(11-9-20)12-13-25-3/h4-7,17,20H,8-16H2,1-3H3,(H,22,24). The lowest BCUT2D eigenvalue weighted by Crippen LogP contribution is -2.41. The number of nitrogens with one attached hydrogen (secondary N) is 1. The second-order valence-electron chi connectivity index (χ2n) is 7.55. The maximum absolute atomic E-state index is 12.4. The molecule has 1 aromatic rings. The largest absolute Gasteiger partial charge is 0.383 e. The number of methoxy groups -OCH3 is 1. The normalized spacial score (nSPS) is 16.2. The Morgan fingerprint density at radius 3 is 2.46 bits per heavy atom. The molecule has 1 aliphatic rings. The Bertz CT molecular complexity index is 523. The molecular weight excluding hydrogens is 328 g/mol. The quantitative estimate of drug-likeness (QED) is 0.695. The summed E-state index contributed by atoms with van der Waals surface area (Å²) in [4.78, 5) is 14.8. The molecule has 1 fully saturated rings. The van der Waals surface area contributed by atoms with Crippen molar-refractivity contribution in [3.63, 3.8) is 0 Å². The van der Waals surface area contributed by atoms with Gasteiger partial charge in [-0.3, -0.25) is 4.79 Å². The molecule has 5 nitrogen and oxygen atoms in total. The molecular formula is C21H34N2O3. The summed E-state index contributed by atoms with van der Waals surface area (Å²) < 4.78 is 10.8. The van der Waals surface area contributed by atoms with Crippen molar-refractivity contribution in [2.75, 3.05) is 40.0 Å². The van der Waals surface area contributed by atoms with Crippen molar-refractivity contribution in [1.82, 2.24) is 10.2 Å². The molecule has 0 spiro atoms. The summed E-state index contributed by atoms with van der Waals surface area (Å²) in [7, 11) is 1.73. The maximum atomic E-state index is 12.4. The summed E-state index contributed by atoms with van der Waals surface area (Å²) in [6.07, 6.45) is 1.86. The lowest BCUT2D eigenvalue weighted by atomic mass is 9.96. The van der Waals surface area contributed by atoms with E-state index in [4.69, 9.17) is 9.47 Å². The van der Waals surface area contributed by atoms with Crippen LogP contribution in [0, 0.1) is 11.8 Å². The minimum Gasteiger partial charge on any atom is -0.383 e. The molecule has 146 valence electrons.